The number of hydrogen-bond donors (Lipinski definition) is 1. The Bertz CT molecular complexity index is 1220. The lowest BCUT2D eigenvalue weighted by molar-refractivity contribution is 0.0976. The van der Waals surface area contributed by atoms with Gasteiger partial charge in [-0.2, -0.15) is 0 Å². The van der Waals surface area contributed by atoms with Gasteiger partial charge in [0.2, 0.25) is 0 Å². The van der Waals surface area contributed by atoms with Gasteiger partial charge in [0.05, 0.1) is 16.4 Å². The highest BCUT2D eigenvalue weighted by Crippen LogP contribution is 2.29. The summed E-state index contributed by atoms with van der Waals surface area (Å²) in [5.41, 5.74) is 0.872. The molecular formula is C17H12Cl2F2N4O3S. The Morgan fingerprint density at radius 1 is 1.14 bits per heavy atom. The maximum Gasteiger partial charge on any atom is 0.287 e. The van der Waals surface area contributed by atoms with Gasteiger partial charge in [-0.15, -0.1) is 5.10 Å². The zero-order valence-corrected chi connectivity index (χ0v) is 17.2. The third kappa shape index (κ3) is 4.09. The highest BCUT2D eigenvalue weighted by atomic mass is 35.5. The first kappa shape index (κ1) is 21.2. The van der Waals surface area contributed by atoms with Crippen molar-refractivity contribution in [1.82, 2.24) is 19.7 Å². The lowest BCUT2D eigenvalue weighted by Crippen LogP contribution is -2.32. The molecule has 0 saturated heterocycles. The molecule has 152 valence electrons. The molecule has 0 saturated carbocycles. The van der Waals surface area contributed by atoms with Gasteiger partial charge in [-0.05, 0) is 49.7 Å². The van der Waals surface area contributed by atoms with Crippen molar-refractivity contribution in [2.75, 3.05) is 0 Å². The van der Waals surface area contributed by atoms with Gasteiger partial charge in [-0.1, -0.05) is 28.4 Å². The summed E-state index contributed by atoms with van der Waals surface area (Å²) in [5, 5.41) is 8.17. The van der Waals surface area contributed by atoms with E-state index in [1.165, 1.54) is 17.7 Å². The minimum atomic E-state index is -4.69. The summed E-state index contributed by atoms with van der Waals surface area (Å²) in [4.78, 5) is 11.4. The molecule has 3 rings (SSSR count). The highest BCUT2D eigenvalue weighted by molar-refractivity contribution is 7.90. The molecule has 7 nitrogen and oxygen atoms in total. The smallest absolute Gasteiger partial charge is 0.266 e. The normalized spacial score (nSPS) is 11.5. The molecule has 0 unspecified atom stereocenters. The summed E-state index contributed by atoms with van der Waals surface area (Å²) in [6.07, 6.45) is 0. The molecule has 1 amide bonds. The number of halogens is 4. The second-order valence-electron chi connectivity index (χ2n) is 6.00. The van der Waals surface area contributed by atoms with E-state index in [2.05, 4.69) is 10.3 Å². The van der Waals surface area contributed by atoms with E-state index in [4.69, 9.17) is 23.2 Å². The molecule has 1 heterocycles. The van der Waals surface area contributed by atoms with E-state index in [1.807, 2.05) is 0 Å². The Labute approximate surface area is 174 Å². The van der Waals surface area contributed by atoms with Crippen LogP contribution in [0.1, 0.15) is 21.7 Å². The molecule has 0 atom stereocenters. The van der Waals surface area contributed by atoms with Crippen molar-refractivity contribution >= 4 is 39.1 Å². The SMILES string of the molecule is Cc1cc(Cl)cc(Cl)c1-n1nnc(C(=O)NS(=O)(=O)c2cc(F)ccc2F)c1C. The van der Waals surface area contributed by atoms with Gasteiger partial charge in [0, 0.05) is 5.02 Å². The number of benzene rings is 2. The lowest BCUT2D eigenvalue weighted by Gasteiger charge is -2.10. The number of aryl methyl sites for hydroxylation is 1. The Balaban J connectivity index is 1.97. The van der Waals surface area contributed by atoms with E-state index in [9.17, 15) is 22.0 Å². The van der Waals surface area contributed by atoms with Crippen LogP contribution in [-0.4, -0.2) is 29.3 Å². The van der Waals surface area contributed by atoms with Crippen LogP contribution in [0.25, 0.3) is 5.69 Å². The van der Waals surface area contributed by atoms with Crippen LogP contribution in [0.3, 0.4) is 0 Å². The number of nitrogens with one attached hydrogen (secondary N) is 1. The Kier molecular flexibility index (Phi) is 5.61. The lowest BCUT2D eigenvalue weighted by atomic mass is 10.2. The highest BCUT2D eigenvalue weighted by Gasteiger charge is 2.27. The molecule has 0 bridgehead atoms. The first-order valence-corrected chi connectivity index (χ1v) is 10.2. The summed E-state index contributed by atoms with van der Waals surface area (Å²) >= 11 is 12.1. The Morgan fingerprint density at radius 2 is 1.83 bits per heavy atom. The Hall–Kier alpha value is -2.56. The van der Waals surface area contributed by atoms with E-state index in [1.54, 1.807) is 17.7 Å². The molecular weight excluding hydrogens is 449 g/mol. The standard InChI is InChI=1S/C17H12Cl2F2N4O3S/c1-8-5-10(18)6-12(19)16(8)25-9(2)15(22-24-25)17(26)23-29(27,28)14-7-11(20)3-4-13(14)21/h3-7H,1-2H3,(H,23,26). The number of sulfonamides is 1. The van der Waals surface area contributed by atoms with E-state index < -0.39 is 32.5 Å². The minimum Gasteiger partial charge on any atom is -0.266 e. The second kappa shape index (κ2) is 7.69. The molecule has 12 heteroatoms. The topological polar surface area (TPSA) is 93.9 Å². The number of aromatic nitrogens is 3. The predicted molar refractivity (Wildman–Crippen MR) is 102 cm³/mol. The molecule has 0 radical (unpaired) electrons. The third-order valence-electron chi connectivity index (χ3n) is 3.95. The molecule has 1 N–H and O–H groups in total. The molecule has 0 spiro atoms. The first-order chi connectivity index (χ1) is 13.5. The van der Waals surface area contributed by atoms with Crippen molar-refractivity contribution in [3.63, 3.8) is 0 Å². The van der Waals surface area contributed by atoms with Gasteiger partial charge < -0.3 is 0 Å². The minimum absolute atomic E-state index is 0.171. The van der Waals surface area contributed by atoms with Crippen molar-refractivity contribution < 1.29 is 22.0 Å². The fraction of sp³-hybridized carbons (Fsp3) is 0.118. The average Bonchev–Trinajstić information content (AvgIpc) is 2.97. The van der Waals surface area contributed by atoms with Gasteiger partial charge >= 0.3 is 0 Å². The number of carbonyl (C=O) groups is 1. The van der Waals surface area contributed by atoms with E-state index in [-0.39, 0.29) is 16.4 Å². The molecule has 29 heavy (non-hydrogen) atoms. The van der Waals surface area contributed by atoms with Gasteiger partial charge in [-0.3, -0.25) is 4.79 Å². The maximum atomic E-state index is 13.8. The van der Waals surface area contributed by atoms with Crippen LogP contribution in [0.4, 0.5) is 8.78 Å². The first-order valence-electron chi connectivity index (χ1n) is 7.92. The second-order valence-corrected chi connectivity index (χ2v) is 8.49. The van der Waals surface area contributed by atoms with Crippen LogP contribution in [-0.2, 0) is 10.0 Å². The fourth-order valence-electron chi connectivity index (χ4n) is 2.62. The fourth-order valence-corrected chi connectivity index (χ4v) is 4.34. The molecule has 0 aliphatic rings. The summed E-state index contributed by atoms with van der Waals surface area (Å²) in [6, 6.07) is 4.96. The third-order valence-corrected chi connectivity index (χ3v) is 5.80. The quantitative estimate of drug-likeness (QED) is 0.641. The zero-order valence-electron chi connectivity index (χ0n) is 14.9. The maximum absolute atomic E-state index is 13.8. The van der Waals surface area contributed by atoms with Crippen LogP contribution in [0.15, 0.2) is 35.2 Å². The van der Waals surface area contributed by atoms with E-state index in [0.29, 0.717) is 28.4 Å². The van der Waals surface area contributed by atoms with Crippen LogP contribution in [0.5, 0.6) is 0 Å². The van der Waals surface area contributed by atoms with Crippen LogP contribution in [0, 0.1) is 25.5 Å². The zero-order chi connectivity index (χ0) is 21.5. The van der Waals surface area contributed by atoms with Gasteiger partial charge in [-0.25, -0.2) is 26.6 Å². The number of amides is 1. The van der Waals surface area contributed by atoms with Crippen LogP contribution >= 0.6 is 23.2 Å². The number of rotatable bonds is 4. The van der Waals surface area contributed by atoms with Crippen molar-refractivity contribution in [2.24, 2.45) is 0 Å². The molecule has 3 aromatic rings. The molecule has 0 aliphatic heterocycles. The Morgan fingerprint density at radius 3 is 2.48 bits per heavy atom. The van der Waals surface area contributed by atoms with Gasteiger partial charge in [0.1, 0.15) is 16.5 Å². The van der Waals surface area contributed by atoms with Crippen LogP contribution < -0.4 is 4.72 Å². The summed E-state index contributed by atoms with van der Waals surface area (Å²) < 4.78 is 54.6. The number of hydrogen-bond acceptors (Lipinski definition) is 5. The van der Waals surface area contributed by atoms with Gasteiger partial charge in [0.15, 0.2) is 5.69 Å². The molecule has 1 aromatic heterocycles. The van der Waals surface area contributed by atoms with E-state index >= 15 is 0 Å². The van der Waals surface area contributed by atoms with Gasteiger partial charge in [0.25, 0.3) is 15.9 Å². The predicted octanol–water partition coefficient (Wildman–Crippen LogP) is 3.59. The van der Waals surface area contributed by atoms with Crippen molar-refractivity contribution in [1.29, 1.82) is 0 Å². The largest absolute Gasteiger partial charge is 0.287 e. The monoisotopic (exact) mass is 460 g/mol. The molecule has 0 aliphatic carbocycles. The van der Waals surface area contributed by atoms with Crippen molar-refractivity contribution in [2.45, 2.75) is 18.7 Å². The van der Waals surface area contributed by atoms with Crippen molar-refractivity contribution in [3.05, 3.63) is 69.0 Å². The van der Waals surface area contributed by atoms with Crippen molar-refractivity contribution in [3.8, 4) is 5.69 Å². The van der Waals surface area contributed by atoms with E-state index in [0.717, 1.165) is 6.07 Å². The number of nitrogens with zero attached hydrogens (tertiary/aromatic N) is 3. The summed E-state index contributed by atoms with van der Waals surface area (Å²) in [5.74, 6) is -3.36. The molecule has 0 fully saturated rings. The van der Waals surface area contributed by atoms with Crippen LogP contribution in [0.2, 0.25) is 10.0 Å². The number of carbonyl (C=O) groups excluding carboxylic acids is 1. The molecule has 2 aromatic carbocycles. The summed E-state index contributed by atoms with van der Waals surface area (Å²) in [7, 11) is -4.69. The average molecular weight is 461 g/mol. The summed E-state index contributed by atoms with van der Waals surface area (Å²) in [6.45, 7) is 3.18.